The van der Waals surface area contributed by atoms with Crippen LogP contribution in [-0.4, -0.2) is 28.2 Å². The molecule has 2 N–H and O–H groups in total. The minimum atomic E-state index is -0.206. The second-order valence-electron chi connectivity index (χ2n) is 5.13. The van der Waals surface area contributed by atoms with E-state index in [2.05, 4.69) is 15.7 Å². The molecular formula is C15H16N4O3. The van der Waals surface area contributed by atoms with Crippen LogP contribution in [0.25, 0.3) is 0 Å². The van der Waals surface area contributed by atoms with E-state index < -0.39 is 0 Å². The fourth-order valence-electron chi connectivity index (χ4n) is 2.32. The number of hydrogen-bond acceptors (Lipinski definition) is 4. The zero-order valence-corrected chi connectivity index (χ0v) is 12.3. The Labute approximate surface area is 127 Å². The summed E-state index contributed by atoms with van der Waals surface area (Å²) in [6, 6.07) is 6.86. The minimum Gasteiger partial charge on any atom is -0.482 e. The van der Waals surface area contributed by atoms with Gasteiger partial charge in [-0.3, -0.25) is 14.3 Å². The van der Waals surface area contributed by atoms with Crippen molar-refractivity contribution in [1.82, 2.24) is 15.1 Å². The number of fused-ring (bicyclic) bond motifs is 1. The molecule has 22 heavy (non-hydrogen) atoms. The maximum Gasteiger partial charge on any atom is 0.262 e. The van der Waals surface area contributed by atoms with Gasteiger partial charge in [0.15, 0.2) is 6.61 Å². The molecule has 2 aromatic rings. The van der Waals surface area contributed by atoms with Crippen molar-refractivity contribution in [2.24, 2.45) is 7.05 Å². The van der Waals surface area contributed by atoms with Gasteiger partial charge in [0.1, 0.15) is 5.75 Å². The molecule has 0 fully saturated rings. The number of hydrogen-bond donors (Lipinski definition) is 2. The Balaban J connectivity index is 1.70. The van der Waals surface area contributed by atoms with Crippen molar-refractivity contribution in [1.29, 1.82) is 0 Å². The Morgan fingerprint density at radius 3 is 3.00 bits per heavy atom. The lowest BCUT2D eigenvalue weighted by molar-refractivity contribution is -0.118. The lowest BCUT2D eigenvalue weighted by Gasteiger charge is -2.18. The van der Waals surface area contributed by atoms with E-state index in [0.717, 1.165) is 11.4 Å². The van der Waals surface area contributed by atoms with E-state index >= 15 is 0 Å². The van der Waals surface area contributed by atoms with Gasteiger partial charge in [0, 0.05) is 12.6 Å². The fourth-order valence-corrected chi connectivity index (χ4v) is 2.32. The number of rotatable bonds is 3. The highest BCUT2D eigenvalue weighted by molar-refractivity contribution is 5.98. The van der Waals surface area contributed by atoms with E-state index in [0.29, 0.717) is 23.5 Å². The molecule has 2 heterocycles. The molecule has 0 saturated carbocycles. The maximum atomic E-state index is 12.2. The smallest absolute Gasteiger partial charge is 0.262 e. The monoisotopic (exact) mass is 300 g/mol. The quantitative estimate of drug-likeness (QED) is 0.885. The number of carbonyl (C=O) groups is 2. The van der Waals surface area contributed by atoms with Crippen LogP contribution in [0.4, 0.5) is 5.69 Å². The molecule has 0 spiro atoms. The van der Waals surface area contributed by atoms with Gasteiger partial charge in [0.2, 0.25) is 0 Å². The van der Waals surface area contributed by atoms with Gasteiger partial charge in [-0.15, -0.1) is 0 Å². The number of ether oxygens (including phenoxy) is 1. The summed E-state index contributed by atoms with van der Waals surface area (Å²) >= 11 is 0. The molecule has 2 amide bonds. The number of aromatic nitrogens is 2. The molecular weight excluding hydrogens is 284 g/mol. The van der Waals surface area contributed by atoms with Crippen LogP contribution in [0.3, 0.4) is 0 Å². The van der Waals surface area contributed by atoms with Gasteiger partial charge in [-0.25, -0.2) is 0 Å². The van der Waals surface area contributed by atoms with Gasteiger partial charge >= 0.3 is 0 Å². The SMILES string of the molecule is Cc1cc(CNC(=O)c2ccc3c(c2)OCC(=O)N3)n(C)n1. The molecule has 0 unspecified atom stereocenters. The summed E-state index contributed by atoms with van der Waals surface area (Å²) in [5, 5.41) is 9.76. The Morgan fingerprint density at radius 2 is 2.27 bits per heavy atom. The van der Waals surface area contributed by atoms with Crippen LogP contribution in [0.1, 0.15) is 21.7 Å². The summed E-state index contributed by atoms with van der Waals surface area (Å²) in [6.07, 6.45) is 0. The predicted molar refractivity (Wildman–Crippen MR) is 79.7 cm³/mol. The van der Waals surface area contributed by atoms with Crippen LogP contribution in [-0.2, 0) is 18.4 Å². The summed E-state index contributed by atoms with van der Waals surface area (Å²) in [4.78, 5) is 23.4. The van der Waals surface area contributed by atoms with E-state index in [4.69, 9.17) is 4.74 Å². The van der Waals surface area contributed by atoms with Crippen LogP contribution in [0.2, 0.25) is 0 Å². The molecule has 0 bridgehead atoms. The van der Waals surface area contributed by atoms with E-state index in [1.54, 1.807) is 22.9 Å². The molecule has 114 valence electrons. The van der Waals surface area contributed by atoms with Crippen LogP contribution in [0.5, 0.6) is 5.75 Å². The summed E-state index contributed by atoms with van der Waals surface area (Å²) in [5.41, 5.74) is 2.89. The molecule has 0 aliphatic carbocycles. The zero-order chi connectivity index (χ0) is 15.7. The summed E-state index contributed by atoms with van der Waals surface area (Å²) in [6.45, 7) is 2.26. The molecule has 1 aromatic carbocycles. The normalized spacial score (nSPS) is 13.1. The van der Waals surface area contributed by atoms with Crippen LogP contribution < -0.4 is 15.4 Å². The highest BCUT2D eigenvalue weighted by Gasteiger charge is 2.17. The maximum absolute atomic E-state index is 12.2. The van der Waals surface area contributed by atoms with Crippen LogP contribution in [0, 0.1) is 6.92 Å². The average molecular weight is 300 g/mol. The number of benzene rings is 1. The molecule has 1 aromatic heterocycles. The first-order chi connectivity index (χ1) is 10.5. The molecule has 1 aliphatic heterocycles. The van der Waals surface area contributed by atoms with Gasteiger partial charge in [-0.1, -0.05) is 0 Å². The second kappa shape index (κ2) is 5.51. The van der Waals surface area contributed by atoms with E-state index in [-0.39, 0.29) is 18.4 Å². The van der Waals surface area contributed by atoms with Gasteiger partial charge in [0.25, 0.3) is 11.8 Å². The molecule has 7 nitrogen and oxygen atoms in total. The third kappa shape index (κ3) is 2.78. The Hall–Kier alpha value is -2.83. The number of amides is 2. The topological polar surface area (TPSA) is 85.2 Å². The molecule has 3 rings (SSSR count). The first-order valence-electron chi connectivity index (χ1n) is 6.87. The van der Waals surface area contributed by atoms with Crippen molar-refractivity contribution >= 4 is 17.5 Å². The largest absolute Gasteiger partial charge is 0.482 e. The summed E-state index contributed by atoms with van der Waals surface area (Å²) in [7, 11) is 1.84. The Morgan fingerprint density at radius 1 is 1.45 bits per heavy atom. The number of nitrogens with one attached hydrogen (secondary N) is 2. The minimum absolute atomic E-state index is 0.0353. The standard InChI is InChI=1S/C15H16N4O3/c1-9-5-11(19(2)18-9)7-16-15(21)10-3-4-12-13(6-10)22-8-14(20)17-12/h3-6H,7-8H2,1-2H3,(H,16,21)(H,17,20). The van der Waals surface area contributed by atoms with Crippen LogP contribution >= 0.6 is 0 Å². The van der Waals surface area contributed by atoms with E-state index in [9.17, 15) is 9.59 Å². The second-order valence-corrected chi connectivity index (χ2v) is 5.13. The molecule has 0 saturated heterocycles. The van der Waals surface area contributed by atoms with Crippen molar-refractivity contribution in [3.05, 3.63) is 41.2 Å². The van der Waals surface area contributed by atoms with Gasteiger partial charge in [-0.2, -0.15) is 5.10 Å². The third-order valence-corrected chi connectivity index (χ3v) is 3.41. The molecule has 1 aliphatic rings. The van der Waals surface area contributed by atoms with E-state index in [1.165, 1.54) is 0 Å². The summed E-state index contributed by atoms with van der Waals surface area (Å²) < 4.78 is 7.04. The van der Waals surface area contributed by atoms with Crippen LogP contribution in [0.15, 0.2) is 24.3 Å². The number of nitrogens with zero attached hydrogens (tertiary/aromatic N) is 2. The number of aryl methyl sites for hydroxylation is 2. The highest BCUT2D eigenvalue weighted by atomic mass is 16.5. The number of anilines is 1. The first-order valence-corrected chi connectivity index (χ1v) is 6.87. The zero-order valence-electron chi connectivity index (χ0n) is 12.3. The van der Waals surface area contributed by atoms with Gasteiger partial charge in [0.05, 0.1) is 23.6 Å². The third-order valence-electron chi connectivity index (χ3n) is 3.41. The Bertz CT molecular complexity index is 751. The lowest BCUT2D eigenvalue weighted by Crippen LogP contribution is -2.27. The highest BCUT2D eigenvalue weighted by Crippen LogP contribution is 2.28. The summed E-state index contributed by atoms with van der Waals surface area (Å²) in [5.74, 6) is 0.0991. The average Bonchev–Trinajstić information content (AvgIpc) is 2.82. The fraction of sp³-hybridized carbons (Fsp3) is 0.267. The number of carbonyl (C=O) groups excluding carboxylic acids is 2. The van der Waals surface area contributed by atoms with Gasteiger partial charge in [-0.05, 0) is 31.2 Å². The van der Waals surface area contributed by atoms with E-state index in [1.807, 2.05) is 20.0 Å². The lowest BCUT2D eigenvalue weighted by atomic mass is 10.1. The molecule has 0 radical (unpaired) electrons. The predicted octanol–water partition coefficient (Wildman–Crippen LogP) is 0.989. The van der Waals surface area contributed by atoms with Gasteiger partial charge < -0.3 is 15.4 Å². The first kappa shape index (κ1) is 14.1. The molecule has 0 atom stereocenters. The van der Waals surface area contributed by atoms with Crippen molar-refractivity contribution in [3.8, 4) is 5.75 Å². The van der Waals surface area contributed by atoms with Crippen molar-refractivity contribution in [2.45, 2.75) is 13.5 Å². The Kier molecular flexibility index (Phi) is 3.54. The van der Waals surface area contributed by atoms with Crippen molar-refractivity contribution in [2.75, 3.05) is 11.9 Å². The molecule has 7 heteroatoms. The van der Waals surface area contributed by atoms with Crippen molar-refractivity contribution < 1.29 is 14.3 Å². The van der Waals surface area contributed by atoms with Crippen molar-refractivity contribution in [3.63, 3.8) is 0 Å².